The third-order valence-electron chi connectivity index (χ3n) is 4.55. The van der Waals surface area contributed by atoms with Gasteiger partial charge in [0.15, 0.2) is 9.84 Å². The van der Waals surface area contributed by atoms with E-state index in [-0.39, 0.29) is 10.6 Å². The van der Waals surface area contributed by atoms with Crippen molar-refractivity contribution in [2.75, 3.05) is 10.1 Å². The van der Waals surface area contributed by atoms with E-state index in [2.05, 4.69) is 0 Å². The van der Waals surface area contributed by atoms with E-state index in [0.717, 1.165) is 16.5 Å². The minimum absolute atomic E-state index is 0.196. The van der Waals surface area contributed by atoms with Crippen LogP contribution in [-0.4, -0.2) is 28.6 Å². The number of hydrogen-bond donors (Lipinski definition) is 0. The van der Waals surface area contributed by atoms with Crippen molar-refractivity contribution in [1.82, 2.24) is 0 Å². The second kappa shape index (κ2) is 6.55. The van der Waals surface area contributed by atoms with Crippen LogP contribution in [0.5, 0.6) is 0 Å². The van der Waals surface area contributed by atoms with Gasteiger partial charge in [0.1, 0.15) is 0 Å². The second-order valence-corrected chi connectivity index (χ2v) is 10.3. The van der Waals surface area contributed by atoms with Crippen molar-refractivity contribution < 1.29 is 16.8 Å². The quantitative estimate of drug-likeness (QED) is 0.803. The number of sulfonamides is 1. The highest BCUT2D eigenvalue weighted by Gasteiger charge is 2.36. The van der Waals surface area contributed by atoms with Crippen LogP contribution in [-0.2, 0) is 19.9 Å². The smallest absolute Gasteiger partial charge is 0.258 e. The standard InChI is InChI=1S/C19H21NO4S2/c1-14-11-16(3)19(12-15(14)2)26(23,24)20(17-7-5-4-6-8-17)18-9-10-25(21,22)13-18/h4-12,18H,13H2,1-3H3/t18-/m1/s1. The minimum Gasteiger partial charge on any atom is -0.258 e. The lowest BCUT2D eigenvalue weighted by molar-refractivity contribution is 0.585. The van der Waals surface area contributed by atoms with Crippen molar-refractivity contribution in [3.8, 4) is 0 Å². The van der Waals surface area contributed by atoms with Crippen molar-refractivity contribution in [2.45, 2.75) is 31.7 Å². The molecule has 0 aliphatic carbocycles. The van der Waals surface area contributed by atoms with Crippen LogP contribution in [0.25, 0.3) is 0 Å². The van der Waals surface area contributed by atoms with Crippen molar-refractivity contribution in [2.24, 2.45) is 0 Å². The zero-order valence-electron chi connectivity index (χ0n) is 14.9. The molecule has 5 nitrogen and oxygen atoms in total. The lowest BCUT2D eigenvalue weighted by Gasteiger charge is -2.29. The summed E-state index contributed by atoms with van der Waals surface area (Å²) in [6.07, 6.45) is 1.44. The van der Waals surface area contributed by atoms with Gasteiger partial charge in [-0.3, -0.25) is 4.31 Å². The topological polar surface area (TPSA) is 71.5 Å². The Bertz CT molecular complexity index is 1070. The number of aryl methyl sites for hydroxylation is 3. The number of hydrogen-bond acceptors (Lipinski definition) is 4. The third kappa shape index (κ3) is 3.41. The summed E-state index contributed by atoms with van der Waals surface area (Å²) in [4.78, 5) is 0.196. The van der Waals surface area contributed by atoms with Gasteiger partial charge in [-0.15, -0.1) is 0 Å². The van der Waals surface area contributed by atoms with E-state index in [4.69, 9.17) is 0 Å². The molecule has 26 heavy (non-hydrogen) atoms. The molecule has 7 heteroatoms. The van der Waals surface area contributed by atoms with E-state index in [9.17, 15) is 16.8 Å². The molecule has 0 unspecified atom stereocenters. The molecule has 0 amide bonds. The molecule has 2 aromatic carbocycles. The summed E-state index contributed by atoms with van der Waals surface area (Å²) >= 11 is 0. The van der Waals surface area contributed by atoms with E-state index < -0.39 is 25.9 Å². The van der Waals surface area contributed by atoms with Crippen LogP contribution in [0, 0.1) is 20.8 Å². The molecule has 3 rings (SSSR count). The molecule has 1 heterocycles. The monoisotopic (exact) mass is 391 g/mol. The molecule has 2 aromatic rings. The summed E-state index contributed by atoms with van der Waals surface area (Å²) in [7, 11) is -7.34. The molecule has 0 radical (unpaired) electrons. The number of sulfone groups is 1. The first-order valence-corrected chi connectivity index (χ1v) is 11.4. The van der Waals surface area contributed by atoms with Crippen LogP contribution in [0.3, 0.4) is 0 Å². The van der Waals surface area contributed by atoms with Crippen LogP contribution < -0.4 is 4.31 Å². The largest absolute Gasteiger partial charge is 0.265 e. The number of anilines is 1. The fourth-order valence-electron chi connectivity index (χ4n) is 3.11. The van der Waals surface area contributed by atoms with Crippen LogP contribution >= 0.6 is 0 Å². The summed E-state index contributed by atoms with van der Waals surface area (Å²) in [6, 6.07) is 11.3. The van der Waals surface area contributed by atoms with E-state index in [1.807, 2.05) is 19.9 Å². The number of para-hydroxylation sites is 1. The molecule has 1 aliphatic rings. The molecule has 0 bridgehead atoms. The predicted octanol–water partition coefficient (Wildman–Crippen LogP) is 3.12. The lowest BCUT2D eigenvalue weighted by Crippen LogP contribution is -2.41. The maximum atomic E-state index is 13.5. The van der Waals surface area contributed by atoms with Crippen molar-refractivity contribution in [1.29, 1.82) is 0 Å². The number of rotatable bonds is 4. The SMILES string of the molecule is Cc1cc(C)c(S(=O)(=O)N(c2ccccc2)[C@@H]2C=CS(=O)(=O)C2)cc1C. The molecule has 0 aromatic heterocycles. The zero-order chi connectivity index (χ0) is 19.1. The van der Waals surface area contributed by atoms with Gasteiger partial charge >= 0.3 is 0 Å². The van der Waals surface area contributed by atoms with Crippen LogP contribution in [0.15, 0.2) is 58.8 Å². The van der Waals surface area contributed by atoms with Gasteiger partial charge < -0.3 is 0 Å². The average Bonchev–Trinajstić information content (AvgIpc) is 2.91. The van der Waals surface area contributed by atoms with Gasteiger partial charge in [0.05, 0.1) is 22.4 Å². The Balaban J connectivity index is 2.19. The summed E-state index contributed by atoms with van der Waals surface area (Å²) in [6.45, 7) is 5.55. The second-order valence-electron chi connectivity index (χ2n) is 6.56. The summed E-state index contributed by atoms with van der Waals surface area (Å²) in [5.41, 5.74) is 2.96. The first-order valence-electron chi connectivity index (χ1n) is 8.20. The van der Waals surface area contributed by atoms with E-state index in [0.29, 0.717) is 11.3 Å². The maximum absolute atomic E-state index is 13.5. The first-order chi connectivity index (χ1) is 12.1. The predicted molar refractivity (Wildman–Crippen MR) is 103 cm³/mol. The average molecular weight is 392 g/mol. The fraction of sp³-hybridized carbons (Fsp3) is 0.263. The molecule has 138 valence electrons. The molecular weight excluding hydrogens is 370 g/mol. The minimum atomic E-state index is -3.94. The molecule has 0 saturated heterocycles. The summed E-state index contributed by atoms with van der Waals surface area (Å²) < 4.78 is 52.0. The van der Waals surface area contributed by atoms with Gasteiger partial charge in [-0.25, -0.2) is 16.8 Å². The maximum Gasteiger partial charge on any atom is 0.265 e. The van der Waals surface area contributed by atoms with Crippen molar-refractivity contribution in [3.05, 3.63) is 70.6 Å². The van der Waals surface area contributed by atoms with Crippen LogP contribution in [0.4, 0.5) is 5.69 Å². The first kappa shape index (κ1) is 18.7. The molecule has 0 N–H and O–H groups in total. The Labute approximate surface area is 154 Å². The summed E-state index contributed by atoms with van der Waals surface area (Å²) in [5, 5.41) is 1.09. The lowest BCUT2D eigenvalue weighted by atomic mass is 10.1. The normalized spacial score (nSPS) is 18.8. The van der Waals surface area contributed by atoms with Gasteiger partial charge in [0.2, 0.25) is 0 Å². The molecule has 0 spiro atoms. The van der Waals surface area contributed by atoms with Crippen LogP contribution in [0.1, 0.15) is 16.7 Å². The third-order valence-corrected chi connectivity index (χ3v) is 7.92. The Morgan fingerprint density at radius 2 is 1.58 bits per heavy atom. The van der Waals surface area contributed by atoms with Gasteiger partial charge in [-0.2, -0.15) is 0 Å². The Morgan fingerprint density at radius 3 is 2.15 bits per heavy atom. The van der Waals surface area contributed by atoms with E-state index >= 15 is 0 Å². The number of benzene rings is 2. The number of nitrogens with zero attached hydrogens (tertiary/aromatic N) is 1. The van der Waals surface area contributed by atoms with E-state index in [1.54, 1.807) is 43.3 Å². The van der Waals surface area contributed by atoms with Gasteiger partial charge in [0.25, 0.3) is 10.0 Å². The Kier molecular flexibility index (Phi) is 4.71. The molecule has 0 saturated carbocycles. The Morgan fingerprint density at radius 1 is 0.962 bits per heavy atom. The molecule has 1 atom stereocenters. The highest BCUT2D eigenvalue weighted by atomic mass is 32.2. The van der Waals surface area contributed by atoms with Crippen LogP contribution in [0.2, 0.25) is 0 Å². The van der Waals surface area contributed by atoms with E-state index in [1.165, 1.54) is 10.4 Å². The molecular formula is C19H21NO4S2. The van der Waals surface area contributed by atoms with Crippen molar-refractivity contribution in [3.63, 3.8) is 0 Å². The zero-order valence-corrected chi connectivity index (χ0v) is 16.5. The molecule has 1 aliphatic heterocycles. The van der Waals surface area contributed by atoms with Gasteiger partial charge in [-0.1, -0.05) is 24.3 Å². The van der Waals surface area contributed by atoms with Crippen molar-refractivity contribution >= 4 is 25.5 Å². The fourth-order valence-corrected chi connectivity index (χ4v) is 6.37. The Hall–Kier alpha value is -2.12. The van der Waals surface area contributed by atoms with Gasteiger partial charge in [0, 0.05) is 5.41 Å². The highest BCUT2D eigenvalue weighted by molar-refractivity contribution is 7.95. The molecule has 0 fully saturated rings. The summed E-state index contributed by atoms with van der Waals surface area (Å²) in [5.74, 6) is -0.259. The van der Waals surface area contributed by atoms with Gasteiger partial charge in [-0.05, 0) is 61.7 Å². The highest BCUT2D eigenvalue weighted by Crippen LogP contribution is 2.31.